The molecule has 0 aliphatic carbocycles. The lowest BCUT2D eigenvalue weighted by molar-refractivity contribution is -0.138. The van der Waals surface area contributed by atoms with Crippen molar-refractivity contribution in [1.29, 1.82) is 0 Å². The van der Waals surface area contributed by atoms with Gasteiger partial charge in [0.2, 0.25) is 0 Å². The first-order valence-corrected chi connectivity index (χ1v) is 7.10. The molecule has 2 fully saturated rings. The summed E-state index contributed by atoms with van der Waals surface area (Å²) < 4.78 is 5.64. The van der Waals surface area contributed by atoms with Crippen molar-refractivity contribution in [3.05, 3.63) is 34.9 Å². The van der Waals surface area contributed by atoms with Crippen LogP contribution in [-0.4, -0.2) is 42.4 Å². The zero-order chi connectivity index (χ0) is 13.6. The highest BCUT2D eigenvalue weighted by Gasteiger charge is 2.46. The van der Waals surface area contributed by atoms with Gasteiger partial charge in [0.1, 0.15) is 0 Å². The predicted octanol–water partition coefficient (Wildman–Crippen LogP) is 1.98. The topological polar surface area (TPSA) is 32.7 Å². The van der Waals surface area contributed by atoms with Crippen molar-refractivity contribution >= 4 is 0 Å². The average molecular weight is 261 g/mol. The lowest BCUT2D eigenvalue weighted by Gasteiger charge is -2.51. The number of likely N-dealkylation sites (N-methyl/N-ethyl adjacent to an activating group) is 1. The molecule has 3 heteroatoms. The van der Waals surface area contributed by atoms with Gasteiger partial charge in [0, 0.05) is 12.1 Å². The molecule has 2 bridgehead atoms. The van der Waals surface area contributed by atoms with E-state index in [0.29, 0.717) is 12.1 Å². The van der Waals surface area contributed by atoms with Crippen LogP contribution < -0.4 is 0 Å². The van der Waals surface area contributed by atoms with E-state index in [4.69, 9.17) is 4.74 Å². The molecule has 1 aromatic rings. The van der Waals surface area contributed by atoms with Crippen LogP contribution in [-0.2, 0) is 10.3 Å². The summed E-state index contributed by atoms with van der Waals surface area (Å²) in [5.74, 6) is 0. The zero-order valence-electron chi connectivity index (χ0n) is 12.0. The zero-order valence-corrected chi connectivity index (χ0v) is 12.0. The maximum absolute atomic E-state index is 11.2. The Balaban J connectivity index is 2.00. The van der Waals surface area contributed by atoms with Gasteiger partial charge in [-0.3, -0.25) is 4.90 Å². The summed E-state index contributed by atoms with van der Waals surface area (Å²) in [7, 11) is 2.15. The van der Waals surface area contributed by atoms with Crippen LogP contribution in [0.3, 0.4) is 0 Å². The SMILES string of the molecule is Cc1cccc(C)c1C1(O)CC2COCC(C1)N2C. The second-order valence-electron chi connectivity index (χ2n) is 6.22. The average Bonchev–Trinajstić information content (AvgIpc) is 2.31. The van der Waals surface area contributed by atoms with E-state index >= 15 is 0 Å². The Morgan fingerprint density at radius 3 is 2.21 bits per heavy atom. The van der Waals surface area contributed by atoms with Crippen molar-refractivity contribution in [3.8, 4) is 0 Å². The molecule has 2 heterocycles. The van der Waals surface area contributed by atoms with Crippen LogP contribution in [0.1, 0.15) is 29.5 Å². The van der Waals surface area contributed by atoms with E-state index in [1.54, 1.807) is 0 Å². The minimum absolute atomic E-state index is 0.330. The summed E-state index contributed by atoms with van der Waals surface area (Å²) in [5.41, 5.74) is 2.85. The Kier molecular flexibility index (Phi) is 3.16. The summed E-state index contributed by atoms with van der Waals surface area (Å²) in [4.78, 5) is 2.38. The molecule has 0 saturated carbocycles. The molecule has 0 aromatic heterocycles. The molecule has 2 unspecified atom stereocenters. The highest BCUT2D eigenvalue weighted by Crippen LogP contribution is 2.42. The maximum atomic E-state index is 11.2. The summed E-state index contributed by atoms with van der Waals surface area (Å²) in [5, 5.41) is 11.2. The third kappa shape index (κ3) is 2.10. The number of morpholine rings is 1. The second kappa shape index (κ2) is 4.58. The molecule has 2 aliphatic heterocycles. The standard InChI is InChI=1S/C16H23NO2/c1-11-5-4-6-12(2)15(11)16(18)7-13-9-19-10-14(8-16)17(13)3/h4-6,13-14,18H,7-10H2,1-3H3. The van der Waals surface area contributed by atoms with Gasteiger partial charge in [0.05, 0.1) is 18.8 Å². The van der Waals surface area contributed by atoms with Gasteiger partial charge < -0.3 is 9.84 Å². The lowest BCUT2D eigenvalue weighted by atomic mass is 9.74. The second-order valence-corrected chi connectivity index (χ2v) is 6.22. The number of nitrogens with zero attached hydrogens (tertiary/aromatic N) is 1. The summed E-state index contributed by atoms with van der Waals surface area (Å²) in [6.07, 6.45) is 1.54. The predicted molar refractivity (Wildman–Crippen MR) is 75.2 cm³/mol. The largest absolute Gasteiger partial charge is 0.385 e. The molecular formula is C16H23NO2. The van der Waals surface area contributed by atoms with E-state index in [1.807, 2.05) is 0 Å². The van der Waals surface area contributed by atoms with Crippen molar-refractivity contribution in [2.75, 3.05) is 20.3 Å². The Morgan fingerprint density at radius 2 is 1.68 bits per heavy atom. The van der Waals surface area contributed by atoms with E-state index in [1.165, 1.54) is 11.1 Å². The molecule has 0 radical (unpaired) electrons. The van der Waals surface area contributed by atoms with Crippen LogP contribution in [0.5, 0.6) is 0 Å². The van der Waals surface area contributed by atoms with Crippen LogP contribution in [0.15, 0.2) is 18.2 Å². The number of hydrogen-bond donors (Lipinski definition) is 1. The van der Waals surface area contributed by atoms with Gasteiger partial charge in [-0.25, -0.2) is 0 Å². The maximum Gasteiger partial charge on any atom is 0.0933 e. The third-order valence-electron chi connectivity index (χ3n) is 4.87. The number of aliphatic hydroxyl groups is 1. The fourth-order valence-corrected chi connectivity index (χ4v) is 3.89. The van der Waals surface area contributed by atoms with Gasteiger partial charge in [0.15, 0.2) is 0 Å². The first kappa shape index (κ1) is 13.1. The fraction of sp³-hybridized carbons (Fsp3) is 0.625. The smallest absolute Gasteiger partial charge is 0.0933 e. The molecule has 104 valence electrons. The van der Waals surface area contributed by atoms with Gasteiger partial charge in [-0.05, 0) is 50.4 Å². The number of aryl methyl sites for hydroxylation is 2. The van der Waals surface area contributed by atoms with Crippen molar-refractivity contribution in [3.63, 3.8) is 0 Å². The molecule has 0 spiro atoms. The van der Waals surface area contributed by atoms with Gasteiger partial charge in [0.25, 0.3) is 0 Å². The van der Waals surface area contributed by atoms with E-state index in [2.05, 4.69) is 44.0 Å². The van der Waals surface area contributed by atoms with Gasteiger partial charge in [-0.1, -0.05) is 18.2 Å². The first-order valence-electron chi connectivity index (χ1n) is 7.10. The van der Waals surface area contributed by atoms with Crippen LogP contribution >= 0.6 is 0 Å². The Bertz CT molecular complexity index is 451. The van der Waals surface area contributed by atoms with E-state index in [9.17, 15) is 5.11 Å². The highest BCUT2D eigenvalue weighted by atomic mass is 16.5. The normalized spacial score (nSPS) is 35.4. The molecule has 2 saturated heterocycles. The molecule has 2 atom stereocenters. The number of piperidine rings is 1. The van der Waals surface area contributed by atoms with Crippen LogP contribution in [0.25, 0.3) is 0 Å². The molecular weight excluding hydrogens is 238 g/mol. The third-order valence-corrected chi connectivity index (χ3v) is 4.87. The molecule has 19 heavy (non-hydrogen) atoms. The minimum Gasteiger partial charge on any atom is -0.385 e. The Labute approximate surface area is 115 Å². The van der Waals surface area contributed by atoms with Crippen LogP contribution in [0, 0.1) is 13.8 Å². The molecule has 3 rings (SSSR count). The number of benzene rings is 1. The van der Waals surface area contributed by atoms with Crippen LogP contribution in [0.4, 0.5) is 0 Å². The fourth-order valence-electron chi connectivity index (χ4n) is 3.89. The van der Waals surface area contributed by atoms with E-state index in [0.717, 1.165) is 31.6 Å². The lowest BCUT2D eigenvalue weighted by Crippen LogP contribution is -2.59. The van der Waals surface area contributed by atoms with Crippen LogP contribution in [0.2, 0.25) is 0 Å². The number of ether oxygens (including phenoxy) is 1. The quantitative estimate of drug-likeness (QED) is 0.839. The minimum atomic E-state index is -0.693. The van der Waals surface area contributed by atoms with Crippen molar-refractivity contribution in [2.45, 2.75) is 44.4 Å². The molecule has 0 amide bonds. The van der Waals surface area contributed by atoms with Gasteiger partial charge in [-0.2, -0.15) is 0 Å². The van der Waals surface area contributed by atoms with E-state index in [-0.39, 0.29) is 0 Å². The molecule has 1 N–H and O–H groups in total. The van der Waals surface area contributed by atoms with E-state index < -0.39 is 5.60 Å². The summed E-state index contributed by atoms with van der Waals surface area (Å²) in [6.45, 7) is 5.68. The van der Waals surface area contributed by atoms with Gasteiger partial charge >= 0.3 is 0 Å². The molecule has 3 nitrogen and oxygen atoms in total. The number of hydrogen-bond acceptors (Lipinski definition) is 3. The van der Waals surface area contributed by atoms with Crippen molar-refractivity contribution in [2.24, 2.45) is 0 Å². The van der Waals surface area contributed by atoms with Crippen molar-refractivity contribution in [1.82, 2.24) is 4.90 Å². The molecule has 2 aliphatic rings. The van der Waals surface area contributed by atoms with Gasteiger partial charge in [-0.15, -0.1) is 0 Å². The number of fused-ring (bicyclic) bond motifs is 2. The first-order chi connectivity index (χ1) is 9.01. The summed E-state index contributed by atoms with van der Waals surface area (Å²) >= 11 is 0. The highest BCUT2D eigenvalue weighted by molar-refractivity contribution is 5.39. The Hall–Kier alpha value is -0.900. The monoisotopic (exact) mass is 261 g/mol. The summed E-state index contributed by atoms with van der Waals surface area (Å²) in [6, 6.07) is 6.93. The Morgan fingerprint density at radius 1 is 1.16 bits per heavy atom. The van der Waals surface area contributed by atoms with Crippen molar-refractivity contribution < 1.29 is 9.84 Å². The molecule has 1 aromatic carbocycles. The number of rotatable bonds is 1.